The van der Waals surface area contributed by atoms with E-state index in [0.29, 0.717) is 62.3 Å². The number of anilines is 2. The predicted octanol–water partition coefficient (Wildman–Crippen LogP) is 2.04. The Bertz CT molecular complexity index is 1080. The molecule has 9 nitrogen and oxygen atoms in total. The SMILES string of the molecule is CC(=O)N1CCN(c2nc(NCCc3ccc(C#N)cc3)c3c(n2)C(=O)N(C(C)C)C3)CC1. The van der Waals surface area contributed by atoms with E-state index >= 15 is 0 Å². The Hall–Kier alpha value is -3.67. The van der Waals surface area contributed by atoms with Crippen LogP contribution in [0.4, 0.5) is 11.8 Å². The molecule has 0 saturated carbocycles. The van der Waals surface area contributed by atoms with Crippen LogP contribution in [0, 0.1) is 11.3 Å². The average molecular weight is 448 g/mol. The molecule has 0 spiro atoms. The highest BCUT2D eigenvalue weighted by Crippen LogP contribution is 2.30. The Balaban J connectivity index is 1.54. The highest BCUT2D eigenvalue weighted by Gasteiger charge is 2.35. The summed E-state index contributed by atoms with van der Waals surface area (Å²) in [4.78, 5) is 39.8. The molecule has 0 bridgehead atoms. The zero-order valence-electron chi connectivity index (χ0n) is 19.3. The topological polar surface area (TPSA) is 105 Å². The van der Waals surface area contributed by atoms with Crippen molar-refractivity contribution in [2.75, 3.05) is 42.9 Å². The molecule has 1 fully saturated rings. The molecule has 1 N–H and O–H groups in total. The van der Waals surface area contributed by atoms with Gasteiger partial charge in [0.05, 0.1) is 18.2 Å². The number of carbonyl (C=O) groups is 2. The van der Waals surface area contributed by atoms with E-state index in [1.165, 1.54) is 0 Å². The second-order valence-electron chi connectivity index (χ2n) is 8.70. The Morgan fingerprint density at radius 1 is 1.15 bits per heavy atom. The van der Waals surface area contributed by atoms with E-state index in [9.17, 15) is 9.59 Å². The lowest BCUT2D eigenvalue weighted by Gasteiger charge is -2.34. The fourth-order valence-corrected chi connectivity index (χ4v) is 4.17. The van der Waals surface area contributed by atoms with Gasteiger partial charge < -0.3 is 20.0 Å². The molecule has 4 rings (SSSR count). The Labute approximate surface area is 194 Å². The minimum absolute atomic E-state index is 0.0671. The number of fused-ring (bicyclic) bond motifs is 1. The number of carbonyl (C=O) groups excluding carboxylic acids is 2. The molecule has 3 heterocycles. The van der Waals surface area contributed by atoms with Crippen LogP contribution in [-0.4, -0.2) is 70.3 Å². The van der Waals surface area contributed by atoms with Crippen LogP contribution < -0.4 is 10.2 Å². The maximum atomic E-state index is 13.0. The second kappa shape index (κ2) is 9.45. The van der Waals surface area contributed by atoms with E-state index in [-0.39, 0.29) is 17.9 Å². The standard InChI is InChI=1S/C24H29N7O2/c1-16(2)31-15-20-21(23(31)33)27-24(30-12-10-29(11-13-30)17(3)32)28-22(20)26-9-8-18-4-6-19(14-25)7-5-18/h4-7,16H,8-13,15H2,1-3H3,(H,26,27,28). The summed E-state index contributed by atoms with van der Waals surface area (Å²) in [6.45, 7) is 9.19. The minimum Gasteiger partial charge on any atom is -0.369 e. The van der Waals surface area contributed by atoms with Crippen molar-refractivity contribution in [3.63, 3.8) is 0 Å². The minimum atomic E-state index is -0.0684. The van der Waals surface area contributed by atoms with Gasteiger partial charge in [-0.2, -0.15) is 10.2 Å². The second-order valence-corrected chi connectivity index (χ2v) is 8.70. The van der Waals surface area contributed by atoms with Crippen molar-refractivity contribution in [2.45, 2.75) is 39.8 Å². The van der Waals surface area contributed by atoms with E-state index in [1.54, 1.807) is 6.92 Å². The summed E-state index contributed by atoms with van der Waals surface area (Å²) in [7, 11) is 0. The van der Waals surface area contributed by atoms with E-state index in [0.717, 1.165) is 17.5 Å². The van der Waals surface area contributed by atoms with Crippen LogP contribution in [0.25, 0.3) is 0 Å². The number of hydrogen-bond donors (Lipinski definition) is 1. The fourth-order valence-electron chi connectivity index (χ4n) is 4.17. The number of nitrogens with one attached hydrogen (secondary N) is 1. The third-order valence-electron chi connectivity index (χ3n) is 6.21. The van der Waals surface area contributed by atoms with Crippen molar-refractivity contribution >= 4 is 23.6 Å². The summed E-state index contributed by atoms with van der Waals surface area (Å²) in [6.07, 6.45) is 0.763. The number of benzene rings is 1. The number of hydrogen-bond acceptors (Lipinski definition) is 7. The zero-order chi connectivity index (χ0) is 23.5. The van der Waals surface area contributed by atoms with Gasteiger partial charge in [-0.25, -0.2) is 4.98 Å². The molecule has 9 heteroatoms. The Kier molecular flexibility index (Phi) is 6.45. The molecule has 1 aromatic carbocycles. The Morgan fingerprint density at radius 2 is 1.85 bits per heavy atom. The molecule has 2 aromatic rings. The fraction of sp³-hybridized carbons (Fsp3) is 0.458. The highest BCUT2D eigenvalue weighted by molar-refractivity contribution is 5.98. The third kappa shape index (κ3) is 4.75. The smallest absolute Gasteiger partial charge is 0.273 e. The molecule has 2 aliphatic heterocycles. The maximum Gasteiger partial charge on any atom is 0.273 e. The number of amides is 2. The van der Waals surface area contributed by atoms with Gasteiger partial charge in [0.2, 0.25) is 11.9 Å². The van der Waals surface area contributed by atoms with Crippen LogP contribution in [-0.2, 0) is 17.8 Å². The van der Waals surface area contributed by atoms with Gasteiger partial charge in [-0.05, 0) is 38.0 Å². The molecule has 1 aromatic heterocycles. The molecule has 33 heavy (non-hydrogen) atoms. The van der Waals surface area contributed by atoms with Crippen molar-refractivity contribution in [3.8, 4) is 6.07 Å². The number of rotatable bonds is 6. The summed E-state index contributed by atoms with van der Waals surface area (Å²) in [6, 6.07) is 9.74. The van der Waals surface area contributed by atoms with Gasteiger partial charge in [0.25, 0.3) is 5.91 Å². The van der Waals surface area contributed by atoms with Gasteiger partial charge in [-0.1, -0.05) is 12.1 Å². The first-order valence-electron chi connectivity index (χ1n) is 11.3. The third-order valence-corrected chi connectivity index (χ3v) is 6.21. The van der Waals surface area contributed by atoms with Gasteiger partial charge in [-0.15, -0.1) is 0 Å². The molecule has 2 amide bonds. The first-order chi connectivity index (χ1) is 15.9. The molecule has 1 saturated heterocycles. The molecule has 0 aliphatic carbocycles. The van der Waals surface area contributed by atoms with Gasteiger partial charge in [0.15, 0.2) is 0 Å². The first-order valence-corrected chi connectivity index (χ1v) is 11.3. The molecule has 172 valence electrons. The summed E-state index contributed by atoms with van der Waals surface area (Å²) in [5.74, 6) is 1.21. The van der Waals surface area contributed by atoms with Crippen molar-refractivity contribution in [1.82, 2.24) is 19.8 Å². The van der Waals surface area contributed by atoms with Crippen LogP contribution in [0.15, 0.2) is 24.3 Å². The quantitative estimate of drug-likeness (QED) is 0.722. The van der Waals surface area contributed by atoms with Crippen molar-refractivity contribution in [1.29, 1.82) is 5.26 Å². The summed E-state index contributed by atoms with van der Waals surface area (Å²) >= 11 is 0. The zero-order valence-corrected chi connectivity index (χ0v) is 19.3. The van der Waals surface area contributed by atoms with Crippen molar-refractivity contribution in [2.24, 2.45) is 0 Å². The van der Waals surface area contributed by atoms with E-state index < -0.39 is 0 Å². The van der Waals surface area contributed by atoms with Gasteiger partial charge >= 0.3 is 0 Å². The number of aromatic nitrogens is 2. The van der Waals surface area contributed by atoms with Gasteiger partial charge in [0.1, 0.15) is 11.5 Å². The van der Waals surface area contributed by atoms with E-state index in [2.05, 4.69) is 16.4 Å². The lowest BCUT2D eigenvalue weighted by Crippen LogP contribution is -2.48. The lowest BCUT2D eigenvalue weighted by molar-refractivity contribution is -0.129. The van der Waals surface area contributed by atoms with Crippen molar-refractivity contribution in [3.05, 3.63) is 46.6 Å². The summed E-state index contributed by atoms with van der Waals surface area (Å²) < 4.78 is 0. The monoisotopic (exact) mass is 447 g/mol. The average Bonchev–Trinajstić information content (AvgIpc) is 3.16. The summed E-state index contributed by atoms with van der Waals surface area (Å²) in [5.41, 5.74) is 3.05. The first kappa shape index (κ1) is 22.5. The van der Waals surface area contributed by atoms with Crippen LogP contribution >= 0.6 is 0 Å². The van der Waals surface area contributed by atoms with Crippen LogP contribution in [0.2, 0.25) is 0 Å². The van der Waals surface area contributed by atoms with Gasteiger partial charge in [0, 0.05) is 51.3 Å². The Morgan fingerprint density at radius 3 is 2.45 bits per heavy atom. The van der Waals surface area contributed by atoms with Crippen molar-refractivity contribution < 1.29 is 9.59 Å². The normalized spacial score (nSPS) is 15.6. The number of nitrogens with zero attached hydrogens (tertiary/aromatic N) is 6. The van der Waals surface area contributed by atoms with Crippen LogP contribution in [0.3, 0.4) is 0 Å². The molecule has 2 aliphatic rings. The van der Waals surface area contributed by atoms with Crippen LogP contribution in [0.1, 0.15) is 48.0 Å². The molecule has 0 unspecified atom stereocenters. The van der Waals surface area contributed by atoms with E-state index in [1.807, 2.05) is 52.8 Å². The number of piperazine rings is 1. The number of nitriles is 1. The maximum absolute atomic E-state index is 13.0. The predicted molar refractivity (Wildman–Crippen MR) is 125 cm³/mol. The highest BCUT2D eigenvalue weighted by atomic mass is 16.2. The van der Waals surface area contributed by atoms with Crippen LogP contribution in [0.5, 0.6) is 0 Å². The largest absolute Gasteiger partial charge is 0.369 e. The molecule has 0 atom stereocenters. The summed E-state index contributed by atoms with van der Waals surface area (Å²) in [5, 5.41) is 12.4. The molecule has 0 radical (unpaired) electrons. The van der Waals surface area contributed by atoms with Gasteiger partial charge in [-0.3, -0.25) is 9.59 Å². The molecular formula is C24H29N7O2. The lowest BCUT2D eigenvalue weighted by atomic mass is 10.1. The molecular weight excluding hydrogens is 418 g/mol. The van der Waals surface area contributed by atoms with E-state index in [4.69, 9.17) is 10.2 Å².